The fraction of sp³-hybridized carbons (Fsp3) is 0.760. The van der Waals surface area contributed by atoms with Crippen molar-refractivity contribution in [2.75, 3.05) is 13.2 Å². The second-order valence-electron chi connectivity index (χ2n) is 11.3. The summed E-state index contributed by atoms with van der Waals surface area (Å²) in [6.07, 6.45) is 0.0223. The molecule has 0 spiro atoms. The minimum Gasteiger partial charge on any atom is -0.396 e. The molecule has 1 aliphatic heterocycles. The summed E-state index contributed by atoms with van der Waals surface area (Å²) in [6, 6.07) is 10.3. The number of rotatable bonds is 7. The van der Waals surface area contributed by atoms with E-state index in [1.165, 1.54) is 5.56 Å². The molecular weight excluding hydrogens is 392 g/mol. The van der Waals surface area contributed by atoms with Crippen molar-refractivity contribution < 1.29 is 18.7 Å². The first kappa shape index (κ1) is 25.5. The van der Waals surface area contributed by atoms with Crippen LogP contribution in [0.4, 0.5) is 0 Å². The van der Waals surface area contributed by atoms with Gasteiger partial charge in [0, 0.05) is 34.4 Å². The summed E-state index contributed by atoms with van der Waals surface area (Å²) in [5.74, 6) is 0.491. The van der Waals surface area contributed by atoms with E-state index in [4.69, 9.17) is 13.6 Å². The minimum atomic E-state index is -2.67. The Morgan fingerprint density at radius 1 is 0.933 bits per heavy atom. The number of hydrogen-bond donors (Lipinski definition) is 1. The zero-order valence-electron chi connectivity index (χ0n) is 20.6. The summed E-state index contributed by atoms with van der Waals surface area (Å²) in [4.78, 5) is 0. The summed E-state index contributed by atoms with van der Waals surface area (Å²) in [5.41, 5.74) is 1.19. The van der Waals surface area contributed by atoms with Gasteiger partial charge in [0.1, 0.15) is 0 Å². The fourth-order valence-corrected chi connectivity index (χ4v) is 10.4. The van der Waals surface area contributed by atoms with Crippen LogP contribution in [-0.2, 0) is 20.2 Å². The smallest absolute Gasteiger partial charge is 0.349 e. The molecule has 0 aliphatic carbocycles. The number of hydrogen-bond acceptors (Lipinski definition) is 4. The molecule has 0 unspecified atom stereocenters. The predicted molar refractivity (Wildman–Crippen MR) is 126 cm³/mol. The highest BCUT2D eigenvalue weighted by molar-refractivity contribution is 6.73. The van der Waals surface area contributed by atoms with E-state index in [0.717, 1.165) is 0 Å². The lowest BCUT2D eigenvalue weighted by molar-refractivity contribution is -0.116. The van der Waals surface area contributed by atoms with Crippen LogP contribution in [0.15, 0.2) is 30.3 Å². The molecule has 5 atom stereocenters. The van der Waals surface area contributed by atoms with Crippen LogP contribution in [-0.4, -0.2) is 39.1 Å². The van der Waals surface area contributed by atoms with E-state index >= 15 is 0 Å². The van der Waals surface area contributed by atoms with Crippen molar-refractivity contribution >= 4 is 8.56 Å². The average molecular weight is 437 g/mol. The molecule has 1 aromatic rings. The Morgan fingerprint density at radius 3 is 1.90 bits per heavy atom. The molecule has 172 valence electrons. The zero-order chi connectivity index (χ0) is 22.7. The van der Waals surface area contributed by atoms with Crippen molar-refractivity contribution in [3.05, 3.63) is 35.9 Å². The molecule has 0 bridgehead atoms. The van der Waals surface area contributed by atoms with Gasteiger partial charge in [0.25, 0.3) is 0 Å². The van der Waals surface area contributed by atoms with Crippen LogP contribution in [0.25, 0.3) is 0 Å². The maximum absolute atomic E-state index is 9.94. The quantitative estimate of drug-likeness (QED) is 0.538. The van der Waals surface area contributed by atoms with E-state index in [-0.39, 0.29) is 46.6 Å². The van der Waals surface area contributed by atoms with Gasteiger partial charge in [-0.05, 0) is 5.56 Å². The van der Waals surface area contributed by atoms with Crippen LogP contribution in [0.3, 0.4) is 0 Å². The van der Waals surface area contributed by atoms with Crippen LogP contribution >= 0.6 is 0 Å². The lowest BCUT2D eigenvalue weighted by atomic mass is 9.84. The summed E-state index contributed by atoms with van der Waals surface area (Å²) < 4.78 is 20.1. The molecule has 1 aliphatic rings. The van der Waals surface area contributed by atoms with Gasteiger partial charge in [0.2, 0.25) is 0 Å². The first-order valence-corrected chi connectivity index (χ1v) is 13.2. The van der Waals surface area contributed by atoms with E-state index < -0.39 is 8.56 Å². The third-order valence-corrected chi connectivity index (χ3v) is 11.7. The van der Waals surface area contributed by atoms with Crippen LogP contribution < -0.4 is 0 Å². The number of ether oxygens (including phenoxy) is 1. The highest BCUT2D eigenvalue weighted by Crippen LogP contribution is 2.57. The third kappa shape index (κ3) is 5.36. The van der Waals surface area contributed by atoms with Gasteiger partial charge in [-0.25, -0.2) is 0 Å². The van der Waals surface area contributed by atoms with E-state index in [2.05, 4.69) is 74.4 Å². The van der Waals surface area contributed by atoms with Crippen LogP contribution in [0.2, 0.25) is 10.1 Å². The second kappa shape index (κ2) is 9.82. The van der Waals surface area contributed by atoms with Gasteiger partial charge < -0.3 is 18.7 Å². The van der Waals surface area contributed by atoms with E-state index in [1.807, 2.05) is 18.2 Å². The SMILES string of the molecule is C[C@H]1[C@H]([C@@H](C)CO)O[Si](C(C)(C)C)(C(C)(C)C)O[C@H]1[C@@H](C)COCc1ccccc1. The Labute approximate surface area is 185 Å². The molecule has 5 heteroatoms. The number of aliphatic hydroxyl groups is 1. The molecule has 1 N–H and O–H groups in total. The summed E-state index contributed by atoms with van der Waals surface area (Å²) in [6.45, 7) is 21.4. The molecular formula is C25H44O4Si. The van der Waals surface area contributed by atoms with Crippen LogP contribution in [0.1, 0.15) is 67.9 Å². The third-order valence-electron chi connectivity index (χ3n) is 6.52. The second-order valence-corrected chi connectivity index (χ2v) is 16.0. The number of aliphatic hydroxyl groups excluding tert-OH is 1. The summed E-state index contributed by atoms with van der Waals surface area (Å²) in [5, 5.41) is 9.75. The monoisotopic (exact) mass is 436 g/mol. The lowest BCUT2D eigenvalue weighted by Gasteiger charge is -2.58. The number of benzene rings is 1. The molecule has 1 heterocycles. The molecule has 0 radical (unpaired) electrons. The van der Waals surface area contributed by atoms with E-state index in [9.17, 15) is 5.11 Å². The van der Waals surface area contributed by atoms with Crippen LogP contribution in [0, 0.1) is 17.8 Å². The van der Waals surface area contributed by atoms with Crippen molar-refractivity contribution in [2.24, 2.45) is 17.8 Å². The minimum absolute atomic E-state index is 0.0181. The summed E-state index contributed by atoms with van der Waals surface area (Å²) in [7, 11) is -2.67. The van der Waals surface area contributed by atoms with Gasteiger partial charge in [0.15, 0.2) is 0 Å². The Morgan fingerprint density at radius 2 is 1.43 bits per heavy atom. The van der Waals surface area contributed by atoms with Crippen LogP contribution in [0.5, 0.6) is 0 Å². The molecule has 30 heavy (non-hydrogen) atoms. The molecule has 0 amide bonds. The van der Waals surface area contributed by atoms with Crippen molar-refractivity contribution in [3.8, 4) is 0 Å². The molecule has 1 aromatic carbocycles. The highest BCUT2D eigenvalue weighted by atomic mass is 28.4. The topological polar surface area (TPSA) is 47.9 Å². The highest BCUT2D eigenvalue weighted by Gasteiger charge is 2.64. The molecule has 0 saturated carbocycles. The normalized spacial score (nSPS) is 26.9. The molecule has 4 nitrogen and oxygen atoms in total. The van der Waals surface area contributed by atoms with Gasteiger partial charge in [-0.2, -0.15) is 0 Å². The molecule has 1 fully saturated rings. The van der Waals surface area contributed by atoms with Crippen molar-refractivity contribution in [3.63, 3.8) is 0 Å². The Balaban J connectivity index is 2.26. The van der Waals surface area contributed by atoms with Gasteiger partial charge in [0.05, 0.1) is 25.4 Å². The predicted octanol–water partition coefficient (Wildman–Crippen LogP) is 5.93. The largest absolute Gasteiger partial charge is 0.396 e. The zero-order valence-corrected chi connectivity index (χ0v) is 21.6. The van der Waals surface area contributed by atoms with Crippen molar-refractivity contribution in [2.45, 2.75) is 91.2 Å². The fourth-order valence-electron chi connectivity index (χ4n) is 5.05. The van der Waals surface area contributed by atoms with Gasteiger partial charge in [-0.1, -0.05) is 92.6 Å². The maximum Gasteiger partial charge on any atom is 0.349 e. The lowest BCUT2D eigenvalue weighted by Crippen LogP contribution is -2.67. The van der Waals surface area contributed by atoms with Crippen molar-refractivity contribution in [1.82, 2.24) is 0 Å². The Kier molecular flexibility index (Phi) is 8.36. The molecule has 2 rings (SSSR count). The van der Waals surface area contributed by atoms with E-state index in [1.54, 1.807) is 0 Å². The molecule has 0 aromatic heterocycles. The van der Waals surface area contributed by atoms with E-state index in [0.29, 0.717) is 13.2 Å². The Bertz CT molecular complexity index is 635. The maximum atomic E-state index is 9.94. The van der Waals surface area contributed by atoms with Gasteiger partial charge >= 0.3 is 8.56 Å². The van der Waals surface area contributed by atoms with Gasteiger partial charge in [-0.3, -0.25) is 0 Å². The first-order valence-electron chi connectivity index (χ1n) is 11.4. The Hall–Kier alpha value is -0.723. The molecule has 1 saturated heterocycles. The summed E-state index contributed by atoms with van der Waals surface area (Å²) >= 11 is 0. The average Bonchev–Trinajstić information content (AvgIpc) is 2.66. The van der Waals surface area contributed by atoms with Gasteiger partial charge in [-0.15, -0.1) is 0 Å². The standard InChI is InChI=1S/C25H44O4Si/c1-18(15-26)22-20(3)23(19(2)16-27-17-21-13-11-10-12-14-21)29-30(28-22,24(4,5)6)25(7,8)9/h10-14,18-20,22-23,26H,15-17H2,1-9H3/t18-,19-,20-,22-,23-/m0/s1. The van der Waals surface area contributed by atoms with Crippen molar-refractivity contribution in [1.29, 1.82) is 0 Å². The first-order chi connectivity index (χ1) is 13.8.